The van der Waals surface area contributed by atoms with Crippen molar-refractivity contribution in [3.05, 3.63) is 107 Å². The van der Waals surface area contributed by atoms with E-state index in [4.69, 9.17) is 25.9 Å². The van der Waals surface area contributed by atoms with Crippen LogP contribution in [0.5, 0.6) is 11.5 Å². The summed E-state index contributed by atoms with van der Waals surface area (Å²) in [6.07, 6.45) is 0. The molecule has 3 N–H and O–H groups in total. The van der Waals surface area contributed by atoms with Gasteiger partial charge in [-0.2, -0.15) is 0 Å². The van der Waals surface area contributed by atoms with Crippen LogP contribution in [0.1, 0.15) is 29.7 Å². The van der Waals surface area contributed by atoms with Crippen molar-refractivity contribution in [2.75, 3.05) is 24.7 Å². The Morgan fingerprint density at radius 1 is 0.643 bits per heavy atom. The summed E-state index contributed by atoms with van der Waals surface area (Å²) in [5.41, 5.74) is 9.23. The molecule has 42 heavy (non-hydrogen) atoms. The van der Waals surface area contributed by atoms with Gasteiger partial charge in [-0.15, -0.1) is 0 Å². The highest BCUT2D eigenvalue weighted by atomic mass is 35.7. The standard InChI is InChI=1S/C15H17NO3S.C9H11ClO3S.C6H7N.CH4/c1-11-9-14(19-3)10-12(2)15(11)20(17,18)16-13-7-5-4-6-8-13;1-6-4-8(13-3)5-7(2)9(6)14(10,11)12;7-6-4-2-1-3-5-6;/h4-10,16H,1-3H3;4-5H,1-3H3;1-5H,7H2;1H4. The van der Waals surface area contributed by atoms with Gasteiger partial charge in [0.25, 0.3) is 19.1 Å². The first-order chi connectivity index (χ1) is 19.2. The highest BCUT2D eigenvalue weighted by Gasteiger charge is 2.20. The van der Waals surface area contributed by atoms with Crippen LogP contribution in [0.25, 0.3) is 0 Å². The Bertz CT molecular complexity index is 1620. The van der Waals surface area contributed by atoms with E-state index >= 15 is 0 Å². The molecule has 0 aliphatic rings. The average Bonchev–Trinajstić information content (AvgIpc) is 2.88. The molecule has 4 aromatic carbocycles. The Morgan fingerprint density at radius 2 is 1.00 bits per heavy atom. The van der Waals surface area contributed by atoms with E-state index in [1.165, 1.54) is 7.11 Å². The number of nitrogens with two attached hydrogens (primary N) is 1. The van der Waals surface area contributed by atoms with Crippen LogP contribution in [0.15, 0.2) is 94.7 Å². The van der Waals surface area contributed by atoms with Gasteiger partial charge in [-0.3, -0.25) is 4.72 Å². The molecule has 11 heteroatoms. The first-order valence-electron chi connectivity index (χ1n) is 12.3. The Balaban J connectivity index is 0.000000347. The molecule has 0 heterocycles. The van der Waals surface area contributed by atoms with E-state index in [2.05, 4.69) is 4.72 Å². The molecule has 8 nitrogen and oxygen atoms in total. The second-order valence-electron chi connectivity index (χ2n) is 9.00. The summed E-state index contributed by atoms with van der Waals surface area (Å²) in [7, 11) is 1.11. The number of halogens is 1. The number of rotatable bonds is 6. The molecule has 0 aliphatic carbocycles. The molecular weight excluding hydrogens is 596 g/mol. The Labute approximate surface area is 254 Å². The van der Waals surface area contributed by atoms with E-state index in [-0.39, 0.29) is 12.3 Å². The molecule has 0 saturated carbocycles. The predicted octanol–water partition coefficient (Wildman–Crippen LogP) is 7.26. The smallest absolute Gasteiger partial charge is 0.262 e. The van der Waals surface area contributed by atoms with Gasteiger partial charge in [0, 0.05) is 22.1 Å². The third kappa shape index (κ3) is 10.6. The van der Waals surface area contributed by atoms with Crippen LogP contribution >= 0.6 is 10.7 Å². The molecule has 0 aromatic heterocycles. The van der Waals surface area contributed by atoms with Crippen molar-refractivity contribution >= 4 is 41.1 Å². The van der Waals surface area contributed by atoms with Crippen molar-refractivity contribution in [3.63, 3.8) is 0 Å². The second-order valence-corrected chi connectivity index (χ2v) is 13.1. The van der Waals surface area contributed by atoms with Gasteiger partial charge in [-0.25, -0.2) is 16.8 Å². The number of anilines is 2. The monoisotopic (exact) mass is 634 g/mol. The number of ether oxygens (including phenoxy) is 2. The molecule has 228 valence electrons. The minimum atomic E-state index is -3.67. The van der Waals surface area contributed by atoms with Gasteiger partial charge in [-0.05, 0) is 98.5 Å². The fourth-order valence-corrected chi connectivity index (χ4v) is 7.16. The Kier molecular flexibility index (Phi) is 13.9. The summed E-state index contributed by atoms with van der Waals surface area (Å²) >= 11 is 0. The quantitative estimate of drug-likeness (QED) is 0.169. The molecule has 0 spiro atoms. The van der Waals surface area contributed by atoms with Crippen molar-refractivity contribution in [1.29, 1.82) is 0 Å². The van der Waals surface area contributed by atoms with Gasteiger partial charge < -0.3 is 15.2 Å². The number of benzene rings is 4. The van der Waals surface area contributed by atoms with E-state index < -0.39 is 19.1 Å². The van der Waals surface area contributed by atoms with Crippen LogP contribution in [-0.4, -0.2) is 31.1 Å². The van der Waals surface area contributed by atoms with Crippen LogP contribution in [-0.2, 0) is 19.1 Å². The average molecular weight is 635 g/mol. The summed E-state index contributed by atoms with van der Waals surface area (Å²) in [5.74, 6) is 1.28. The zero-order valence-electron chi connectivity index (χ0n) is 23.8. The fourth-order valence-electron chi connectivity index (χ4n) is 4.03. The minimum absolute atomic E-state index is 0. The highest BCUT2D eigenvalue weighted by Crippen LogP contribution is 2.28. The lowest BCUT2D eigenvalue weighted by molar-refractivity contribution is 0.413. The zero-order chi connectivity index (χ0) is 30.8. The molecule has 4 aromatic rings. The first-order valence-corrected chi connectivity index (χ1v) is 16.1. The van der Waals surface area contributed by atoms with E-state index in [1.807, 2.05) is 36.4 Å². The molecule has 0 unspecified atom stereocenters. The van der Waals surface area contributed by atoms with Crippen LogP contribution < -0.4 is 19.9 Å². The van der Waals surface area contributed by atoms with Gasteiger partial charge in [0.15, 0.2) is 0 Å². The summed E-state index contributed by atoms with van der Waals surface area (Å²) < 4.78 is 60.1. The zero-order valence-corrected chi connectivity index (χ0v) is 26.2. The molecule has 0 saturated heterocycles. The maximum Gasteiger partial charge on any atom is 0.262 e. The summed E-state index contributed by atoms with van der Waals surface area (Å²) in [6.45, 7) is 6.89. The van der Waals surface area contributed by atoms with Crippen LogP contribution in [0.4, 0.5) is 11.4 Å². The molecule has 0 aliphatic heterocycles. The van der Waals surface area contributed by atoms with E-state index in [9.17, 15) is 16.8 Å². The van der Waals surface area contributed by atoms with Gasteiger partial charge in [0.1, 0.15) is 11.5 Å². The Morgan fingerprint density at radius 3 is 1.31 bits per heavy atom. The molecular formula is C31H39ClN2O6S2. The number of nitrogen functional groups attached to an aromatic ring is 1. The fraction of sp³-hybridized carbons (Fsp3) is 0.226. The van der Waals surface area contributed by atoms with Crippen LogP contribution in [0.2, 0.25) is 0 Å². The van der Waals surface area contributed by atoms with Crippen molar-refractivity contribution < 1.29 is 26.3 Å². The van der Waals surface area contributed by atoms with Gasteiger partial charge >= 0.3 is 0 Å². The van der Waals surface area contributed by atoms with Crippen LogP contribution in [0, 0.1) is 27.7 Å². The maximum absolute atomic E-state index is 12.5. The third-order valence-electron chi connectivity index (χ3n) is 5.68. The predicted molar refractivity (Wildman–Crippen MR) is 173 cm³/mol. The van der Waals surface area contributed by atoms with Crippen molar-refractivity contribution in [3.8, 4) is 11.5 Å². The van der Waals surface area contributed by atoms with Crippen molar-refractivity contribution in [2.24, 2.45) is 0 Å². The molecule has 0 radical (unpaired) electrons. The molecule has 0 atom stereocenters. The SMILES string of the molecule is C.COc1cc(C)c(S(=O)(=O)Cl)c(C)c1.COc1cc(C)c(S(=O)(=O)Nc2ccccc2)c(C)c1.Nc1ccccc1. The third-order valence-corrected chi connectivity index (χ3v) is 8.96. The molecule has 0 amide bonds. The van der Waals surface area contributed by atoms with Gasteiger partial charge in [0.05, 0.1) is 24.0 Å². The highest BCUT2D eigenvalue weighted by molar-refractivity contribution is 8.13. The number of hydrogen-bond donors (Lipinski definition) is 2. The lowest BCUT2D eigenvalue weighted by Crippen LogP contribution is -2.15. The summed E-state index contributed by atoms with van der Waals surface area (Å²) in [4.78, 5) is 0.460. The number of methoxy groups -OCH3 is 2. The summed E-state index contributed by atoms with van der Waals surface area (Å²) in [6, 6.07) is 25.0. The largest absolute Gasteiger partial charge is 0.497 e. The van der Waals surface area contributed by atoms with Crippen molar-refractivity contribution in [1.82, 2.24) is 0 Å². The second kappa shape index (κ2) is 16.1. The van der Waals surface area contributed by atoms with Gasteiger partial charge in [-0.1, -0.05) is 43.8 Å². The first kappa shape index (κ1) is 36.3. The number of aryl methyl sites for hydroxylation is 4. The maximum atomic E-state index is 12.5. The Hall–Kier alpha value is -3.73. The lowest BCUT2D eigenvalue weighted by Gasteiger charge is -2.14. The van der Waals surface area contributed by atoms with Crippen LogP contribution in [0.3, 0.4) is 0 Å². The number of hydrogen-bond acceptors (Lipinski definition) is 7. The number of para-hydroxylation sites is 2. The summed E-state index contributed by atoms with van der Waals surface area (Å²) in [5, 5.41) is 0. The lowest BCUT2D eigenvalue weighted by atomic mass is 10.1. The van der Waals surface area contributed by atoms with E-state index in [0.717, 1.165) is 5.69 Å². The molecule has 0 fully saturated rings. The van der Waals surface area contributed by atoms with E-state index in [1.54, 1.807) is 83.3 Å². The molecule has 4 rings (SSSR count). The normalized spacial score (nSPS) is 10.5. The molecule has 0 bridgehead atoms. The van der Waals surface area contributed by atoms with E-state index in [0.29, 0.717) is 44.3 Å². The van der Waals surface area contributed by atoms with Crippen molar-refractivity contribution in [2.45, 2.75) is 44.9 Å². The number of nitrogens with one attached hydrogen (secondary N) is 1. The number of sulfonamides is 1. The topological polar surface area (TPSA) is 125 Å². The van der Waals surface area contributed by atoms with Gasteiger partial charge in [0.2, 0.25) is 0 Å². The minimum Gasteiger partial charge on any atom is -0.497 e.